The maximum absolute atomic E-state index is 10.9. The number of hydrogen-bond acceptors (Lipinski definition) is 2. The first-order chi connectivity index (χ1) is 7.75. The molecule has 1 radical (unpaired) electrons. The van der Waals surface area contributed by atoms with E-state index in [9.17, 15) is 4.79 Å². The van der Waals surface area contributed by atoms with Crippen LogP contribution in [0.4, 0.5) is 0 Å². The number of fused-ring (bicyclic) bond motifs is 3. The van der Waals surface area contributed by atoms with Gasteiger partial charge in [0.2, 0.25) is 0 Å². The number of benzene rings is 2. The quantitative estimate of drug-likeness (QED) is 0.687. The van der Waals surface area contributed by atoms with Crippen LogP contribution in [0.5, 0.6) is 0 Å². The number of thiophene rings is 1. The van der Waals surface area contributed by atoms with Gasteiger partial charge in [-0.2, -0.15) is 0 Å². The second-order valence-corrected chi connectivity index (χ2v) is 4.70. The zero-order valence-electron chi connectivity index (χ0n) is 8.61. The standard InChI is InChI=1S/C13H8O2S.Ag/c14-13(15)8-5-6-10-9-3-1-2-4-11(9)16-12(10)7-8;/h1-7H,(H,14,15);. The predicted octanol–water partition coefficient (Wildman–Crippen LogP) is 3.75. The van der Waals surface area contributed by atoms with Gasteiger partial charge in [0, 0.05) is 42.6 Å². The van der Waals surface area contributed by atoms with E-state index < -0.39 is 5.97 Å². The molecule has 89 valence electrons. The van der Waals surface area contributed by atoms with Crippen molar-refractivity contribution in [3.05, 3.63) is 48.0 Å². The Morgan fingerprint density at radius 3 is 2.47 bits per heavy atom. The average Bonchev–Trinajstić information content (AvgIpc) is 2.66. The average molecular weight is 336 g/mol. The van der Waals surface area contributed by atoms with Crippen LogP contribution in [0.3, 0.4) is 0 Å². The van der Waals surface area contributed by atoms with Crippen molar-refractivity contribution in [1.29, 1.82) is 0 Å². The molecule has 0 aliphatic heterocycles. The number of aromatic carboxylic acids is 1. The van der Waals surface area contributed by atoms with Crippen LogP contribution in [0.2, 0.25) is 0 Å². The van der Waals surface area contributed by atoms with Crippen molar-refractivity contribution >= 4 is 37.5 Å². The van der Waals surface area contributed by atoms with Gasteiger partial charge in [0.25, 0.3) is 0 Å². The van der Waals surface area contributed by atoms with Crippen molar-refractivity contribution in [3.63, 3.8) is 0 Å². The Balaban J connectivity index is 0.00000108. The van der Waals surface area contributed by atoms with Crippen LogP contribution in [0.1, 0.15) is 10.4 Å². The topological polar surface area (TPSA) is 37.3 Å². The van der Waals surface area contributed by atoms with Crippen LogP contribution < -0.4 is 0 Å². The van der Waals surface area contributed by atoms with Crippen molar-refractivity contribution in [2.24, 2.45) is 0 Å². The van der Waals surface area contributed by atoms with Crippen molar-refractivity contribution in [3.8, 4) is 0 Å². The van der Waals surface area contributed by atoms with Gasteiger partial charge in [0.05, 0.1) is 5.56 Å². The van der Waals surface area contributed by atoms with Crippen LogP contribution in [0.15, 0.2) is 42.5 Å². The molecule has 2 nitrogen and oxygen atoms in total. The minimum absolute atomic E-state index is 0. The summed E-state index contributed by atoms with van der Waals surface area (Å²) in [4.78, 5) is 10.9. The van der Waals surface area contributed by atoms with Crippen molar-refractivity contribution in [2.75, 3.05) is 0 Å². The van der Waals surface area contributed by atoms with E-state index in [1.807, 2.05) is 18.2 Å². The minimum Gasteiger partial charge on any atom is -0.478 e. The van der Waals surface area contributed by atoms with Crippen LogP contribution in [-0.2, 0) is 22.4 Å². The molecule has 0 saturated carbocycles. The summed E-state index contributed by atoms with van der Waals surface area (Å²) in [6, 6.07) is 13.4. The number of carboxylic acids is 1. The SMILES string of the molecule is O=C(O)c1ccc2c(c1)sc1ccccc12.[Ag]. The Morgan fingerprint density at radius 2 is 1.71 bits per heavy atom. The molecule has 0 aliphatic rings. The minimum atomic E-state index is -0.876. The third-order valence-corrected chi connectivity index (χ3v) is 3.76. The fourth-order valence-corrected chi connectivity index (χ4v) is 3.00. The number of hydrogen-bond donors (Lipinski definition) is 1. The first-order valence-electron chi connectivity index (χ1n) is 4.90. The summed E-state index contributed by atoms with van der Waals surface area (Å²) in [5, 5.41) is 11.2. The zero-order chi connectivity index (χ0) is 11.1. The van der Waals surface area contributed by atoms with E-state index in [1.54, 1.807) is 23.5 Å². The molecule has 0 unspecified atom stereocenters. The van der Waals surface area contributed by atoms with Gasteiger partial charge in [0.15, 0.2) is 0 Å². The van der Waals surface area contributed by atoms with E-state index in [2.05, 4.69) is 12.1 Å². The molecule has 1 heterocycles. The van der Waals surface area contributed by atoms with Gasteiger partial charge in [-0.15, -0.1) is 11.3 Å². The molecule has 0 spiro atoms. The third-order valence-electron chi connectivity index (χ3n) is 2.63. The summed E-state index contributed by atoms with van der Waals surface area (Å²) in [7, 11) is 0. The van der Waals surface area contributed by atoms with Crippen molar-refractivity contribution < 1.29 is 32.3 Å². The molecule has 0 aliphatic carbocycles. The molecule has 3 aromatic rings. The molecular weight excluding hydrogens is 328 g/mol. The Kier molecular flexibility index (Phi) is 3.35. The van der Waals surface area contributed by atoms with E-state index >= 15 is 0 Å². The maximum Gasteiger partial charge on any atom is 0.335 e. The third kappa shape index (κ3) is 2.03. The summed E-state index contributed by atoms with van der Waals surface area (Å²) >= 11 is 1.63. The van der Waals surface area contributed by atoms with E-state index in [4.69, 9.17) is 5.11 Å². The van der Waals surface area contributed by atoms with Crippen LogP contribution in [-0.4, -0.2) is 11.1 Å². The molecule has 17 heavy (non-hydrogen) atoms. The molecule has 0 amide bonds. The molecule has 3 rings (SSSR count). The van der Waals surface area contributed by atoms with Gasteiger partial charge in [-0.3, -0.25) is 0 Å². The monoisotopic (exact) mass is 335 g/mol. The summed E-state index contributed by atoms with van der Waals surface area (Å²) in [5.41, 5.74) is 0.346. The van der Waals surface area contributed by atoms with E-state index in [0.717, 1.165) is 10.1 Å². The van der Waals surface area contributed by atoms with E-state index in [-0.39, 0.29) is 22.4 Å². The van der Waals surface area contributed by atoms with Crippen LogP contribution in [0, 0.1) is 0 Å². The molecule has 0 saturated heterocycles. The van der Waals surface area contributed by atoms with Crippen LogP contribution >= 0.6 is 11.3 Å². The molecule has 4 heteroatoms. The fraction of sp³-hybridized carbons (Fsp3) is 0. The maximum atomic E-state index is 10.9. The molecule has 1 aromatic heterocycles. The number of carbonyl (C=O) groups is 1. The smallest absolute Gasteiger partial charge is 0.335 e. The fourth-order valence-electron chi connectivity index (χ4n) is 1.86. The number of carboxylic acid groups (broad SMARTS) is 1. The Bertz CT molecular complexity index is 703. The van der Waals surface area contributed by atoms with Crippen LogP contribution in [0.25, 0.3) is 20.2 Å². The van der Waals surface area contributed by atoms with Gasteiger partial charge in [-0.1, -0.05) is 24.3 Å². The first kappa shape index (κ1) is 12.3. The second-order valence-electron chi connectivity index (χ2n) is 3.61. The Morgan fingerprint density at radius 1 is 1.00 bits per heavy atom. The number of rotatable bonds is 1. The van der Waals surface area contributed by atoms with Crippen molar-refractivity contribution in [1.82, 2.24) is 0 Å². The normalized spacial score (nSPS) is 10.4. The summed E-state index contributed by atoms with van der Waals surface area (Å²) < 4.78 is 2.22. The van der Waals surface area contributed by atoms with Gasteiger partial charge < -0.3 is 5.11 Å². The largest absolute Gasteiger partial charge is 0.478 e. The van der Waals surface area contributed by atoms with Crippen molar-refractivity contribution in [2.45, 2.75) is 0 Å². The van der Waals surface area contributed by atoms with Gasteiger partial charge in [-0.25, -0.2) is 4.79 Å². The van der Waals surface area contributed by atoms with Gasteiger partial charge >= 0.3 is 5.97 Å². The Labute approximate surface area is 117 Å². The molecule has 1 N–H and O–H groups in total. The van der Waals surface area contributed by atoms with Gasteiger partial charge in [-0.05, 0) is 18.2 Å². The zero-order valence-corrected chi connectivity index (χ0v) is 10.9. The second kappa shape index (κ2) is 4.63. The Hall–Kier alpha value is -1.13. The summed E-state index contributed by atoms with van der Waals surface area (Å²) in [6.07, 6.45) is 0. The molecule has 0 fully saturated rings. The van der Waals surface area contributed by atoms with E-state index in [1.165, 1.54) is 10.1 Å². The molecule has 0 bridgehead atoms. The molecule has 0 atom stereocenters. The van der Waals surface area contributed by atoms with E-state index in [0.29, 0.717) is 5.56 Å². The summed E-state index contributed by atoms with van der Waals surface area (Å²) in [5.74, 6) is -0.876. The summed E-state index contributed by atoms with van der Waals surface area (Å²) in [6.45, 7) is 0. The molecule has 2 aromatic carbocycles. The predicted molar refractivity (Wildman–Crippen MR) is 66.3 cm³/mol. The van der Waals surface area contributed by atoms with Gasteiger partial charge in [0.1, 0.15) is 0 Å². The first-order valence-corrected chi connectivity index (χ1v) is 5.72. The molecular formula is C13H8AgO2S.